The van der Waals surface area contributed by atoms with Crippen molar-refractivity contribution in [2.24, 2.45) is 0 Å². The minimum absolute atomic E-state index is 0.270. The SMILES string of the molecule is C=C(CBr)c1cc(C)nc(Cl)n1. The molecule has 0 saturated carbocycles. The highest BCUT2D eigenvalue weighted by atomic mass is 79.9. The van der Waals surface area contributed by atoms with E-state index in [1.165, 1.54) is 0 Å². The van der Waals surface area contributed by atoms with Crippen LogP contribution in [0.3, 0.4) is 0 Å². The average molecular weight is 248 g/mol. The van der Waals surface area contributed by atoms with Gasteiger partial charge in [-0.25, -0.2) is 9.97 Å². The molecule has 0 amide bonds. The Balaban J connectivity index is 3.08. The van der Waals surface area contributed by atoms with Crippen LogP contribution in [-0.2, 0) is 0 Å². The van der Waals surface area contributed by atoms with E-state index < -0.39 is 0 Å². The summed E-state index contributed by atoms with van der Waals surface area (Å²) < 4.78 is 0. The Morgan fingerprint density at radius 1 is 1.67 bits per heavy atom. The van der Waals surface area contributed by atoms with Crippen LogP contribution in [0.15, 0.2) is 12.6 Å². The van der Waals surface area contributed by atoms with Gasteiger partial charge in [0.2, 0.25) is 5.28 Å². The standard InChI is InChI=1S/C8H8BrClN2/c1-5(4-9)7-3-6(2)11-8(10)12-7/h3H,1,4H2,2H3. The molecule has 1 heterocycles. The average Bonchev–Trinajstić information content (AvgIpc) is 2.01. The zero-order chi connectivity index (χ0) is 9.14. The predicted octanol–water partition coefficient (Wildman–Crippen LogP) is 2.85. The molecule has 0 aliphatic carbocycles. The Bertz CT molecular complexity index is 292. The Morgan fingerprint density at radius 2 is 2.33 bits per heavy atom. The van der Waals surface area contributed by atoms with Gasteiger partial charge < -0.3 is 0 Å². The molecular weight excluding hydrogens is 239 g/mol. The normalized spacial score (nSPS) is 9.92. The van der Waals surface area contributed by atoms with Crippen molar-refractivity contribution in [2.45, 2.75) is 6.92 Å². The molecule has 4 heteroatoms. The number of aryl methyl sites for hydroxylation is 1. The number of hydrogen-bond acceptors (Lipinski definition) is 2. The molecule has 1 aromatic rings. The van der Waals surface area contributed by atoms with Crippen LogP contribution in [0.25, 0.3) is 5.57 Å². The fraction of sp³-hybridized carbons (Fsp3) is 0.250. The van der Waals surface area contributed by atoms with E-state index in [1.807, 2.05) is 13.0 Å². The summed E-state index contributed by atoms with van der Waals surface area (Å²) in [5, 5.41) is 0.965. The summed E-state index contributed by atoms with van der Waals surface area (Å²) in [7, 11) is 0. The lowest BCUT2D eigenvalue weighted by Crippen LogP contribution is -1.94. The maximum Gasteiger partial charge on any atom is 0.223 e. The van der Waals surface area contributed by atoms with Crippen molar-refractivity contribution in [2.75, 3.05) is 5.33 Å². The second-order valence-corrected chi connectivity index (χ2v) is 3.30. The summed E-state index contributed by atoms with van der Waals surface area (Å²) in [6.07, 6.45) is 0. The molecule has 1 aromatic heterocycles. The zero-order valence-electron chi connectivity index (χ0n) is 6.64. The van der Waals surface area contributed by atoms with Gasteiger partial charge in [-0.05, 0) is 30.2 Å². The molecule has 0 saturated heterocycles. The predicted molar refractivity (Wildman–Crippen MR) is 54.6 cm³/mol. The highest BCUT2D eigenvalue weighted by Crippen LogP contribution is 2.14. The van der Waals surface area contributed by atoms with Crippen molar-refractivity contribution >= 4 is 33.1 Å². The maximum absolute atomic E-state index is 5.67. The summed E-state index contributed by atoms with van der Waals surface area (Å²) in [6, 6.07) is 1.86. The van der Waals surface area contributed by atoms with Gasteiger partial charge in [-0.15, -0.1) is 0 Å². The Kier molecular flexibility index (Phi) is 3.23. The van der Waals surface area contributed by atoms with Crippen LogP contribution in [-0.4, -0.2) is 15.3 Å². The van der Waals surface area contributed by atoms with Gasteiger partial charge in [0.25, 0.3) is 0 Å². The van der Waals surface area contributed by atoms with Gasteiger partial charge in [0.15, 0.2) is 0 Å². The largest absolute Gasteiger partial charge is 0.223 e. The van der Waals surface area contributed by atoms with Crippen LogP contribution in [0.1, 0.15) is 11.4 Å². The number of halogens is 2. The van der Waals surface area contributed by atoms with Crippen molar-refractivity contribution in [1.82, 2.24) is 9.97 Å². The van der Waals surface area contributed by atoms with Crippen LogP contribution in [0, 0.1) is 6.92 Å². The van der Waals surface area contributed by atoms with Gasteiger partial charge in [0.05, 0.1) is 5.69 Å². The zero-order valence-corrected chi connectivity index (χ0v) is 8.98. The molecule has 1 rings (SSSR count). The van der Waals surface area contributed by atoms with Gasteiger partial charge in [0, 0.05) is 11.0 Å². The van der Waals surface area contributed by atoms with Crippen molar-refractivity contribution < 1.29 is 0 Å². The molecular formula is C8H8BrClN2. The van der Waals surface area contributed by atoms with E-state index in [9.17, 15) is 0 Å². The van der Waals surface area contributed by atoms with Crippen molar-refractivity contribution in [3.05, 3.63) is 29.3 Å². The number of alkyl halides is 1. The maximum atomic E-state index is 5.67. The molecule has 12 heavy (non-hydrogen) atoms. The first-order valence-electron chi connectivity index (χ1n) is 3.39. The number of aromatic nitrogens is 2. The third-order valence-electron chi connectivity index (χ3n) is 1.35. The van der Waals surface area contributed by atoms with Crippen molar-refractivity contribution in [1.29, 1.82) is 0 Å². The first kappa shape index (κ1) is 9.68. The highest BCUT2D eigenvalue weighted by Gasteiger charge is 2.02. The minimum Gasteiger partial charge on any atom is -0.223 e. The lowest BCUT2D eigenvalue weighted by Gasteiger charge is -2.01. The van der Waals surface area contributed by atoms with Crippen molar-refractivity contribution in [3.63, 3.8) is 0 Å². The molecule has 64 valence electrons. The van der Waals surface area contributed by atoms with E-state index in [4.69, 9.17) is 11.6 Å². The second kappa shape index (κ2) is 4.01. The molecule has 0 radical (unpaired) electrons. The van der Waals surface area contributed by atoms with E-state index in [0.29, 0.717) is 5.33 Å². The smallest absolute Gasteiger partial charge is 0.223 e. The van der Waals surface area contributed by atoms with Crippen LogP contribution in [0.2, 0.25) is 5.28 Å². The quantitative estimate of drug-likeness (QED) is 0.593. The van der Waals surface area contributed by atoms with Gasteiger partial charge in [0.1, 0.15) is 0 Å². The van der Waals surface area contributed by atoms with Crippen LogP contribution in [0.4, 0.5) is 0 Å². The Hall–Kier alpha value is -0.410. The fourth-order valence-corrected chi connectivity index (χ4v) is 1.29. The number of hydrogen-bond donors (Lipinski definition) is 0. The van der Waals surface area contributed by atoms with Crippen LogP contribution >= 0.6 is 27.5 Å². The van der Waals surface area contributed by atoms with Gasteiger partial charge in [-0.2, -0.15) is 0 Å². The topological polar surface area (TPSA) is 25.8 Å². The third-order valence-corrected chi connectivity index (χ3v) is 2.20. The fourth-order valence-electron chi connectivity index (χ4n) is 0.782. The molecule has 0 N–H and O–H groups in total. The first-order chi connectivity index (χ1) is 5.63. The van der Waals surface area contributed by atoms with Crippen LogP contribution < -0.4 is 0 Å². The van der Waals surface area contributed by atoms with E-state index >= 15 is 0 Å². The van der Waals surface area contributed by atoms with Gasteiger partial charge >= 0.3 is 0 Å². The van der Waals surface area contributed by atoms with Gasteiger partial charge in [-0.1, -0.05) is 22.5 Å². The Morgan fingerprint density at radius 3 is 2.83 bits per heavy atom. The lowest BCUT2D eigenvalue weighted by atomic mass is 10.2. The van der Waals surface area contributed by atoms with E-state index in [-0.39, 0.29) is 5.28 Å². The lowest BCUT2D eigenvalue weighted by molar-refractivity contribution is 1.08. The summed E-state index contributed by atoms with van der Waals surface area (Å²) >= 11 is 8.97. The van der Waals surface area contributed by atoms with Gasteiger partial charge in [-0.3, -0.25) is 0 Å². The molecule has 0 fully saturated rings. The van der Waals surface area contributed by atoms with Crippen LogP contribution in [0.5, 0.6) is 0 Å². The summed E-state index contributed by atoms with van der Waals surface area (Å²) in [5.74, 6) is 0. The Labute approximate surface area is 84.8 Å². The minimum atomic E-state index is 0.270. The molecule has 0 atom stereocenters. The summed E-state index contributed by atoms with van der Waals surface area (Å²) in [5.41, 5.74) is 2.55. The summed E-state index contributed by atoms with van der Waals surface area (Å²) in [4.78, 5) is 7.98. The van der Waals surface area contributed by atoms with E-state index in [1.54, 1.807) is 0 Å². The van der Waals surface area contributed by atoms with E-state index in [0.717, 1.165) is 17.0 Å². The monoisotopic (exact) mass is 246 g/mol. The highest BCUT2D eigenvalue weighted by molar-refractivity contribution is 9.09. The molecule has 0 aromatic carbocycles. The summed E-state index contributed by atoms with van der Waals surface area (Å²) in [6.45, 7) is 5.70. The molecule has 0 spiro atoms. The molecule has 0 unspecified atom stereocenters. The second-order valence-electron chi connectivity index (χ2n) is 2.40. The number of nitrogens with zero attached hydrogens (tertiary/aromatic N) is 2. The van der Waals surface area contributed by atoms with E-state index in [2.05, 4.69) is 32.5 Å². The molecule has 0 bridgehead atoms. The molecule has 2 nitrogen and oxygen atoms in total. The number of rotatable bonds is 2. The van der Waals surface area contributed by atoms with Crippen molar-refractivity contribution in [3.8, 4) is 0 Å². The molecule has 0 aliphatic rings. The molecule has 0 aliphatic heterocycles. The first-order valence-corrected chi connectivity index (χ1v) is 4.88. The number of allylic oxidation sites excluding steroid dienone is 1. The third kappa shape index (κ3) is 2.29.